The van der Waals surface area contributed by atoms with Crippen molar-refractivity contribution in [1.82, 2.24) is 9.78 Å². The second-order valence-electron chi connectivity index (χ2n) is 4.19. The van der Waals surface area contributed by atoms with Crippen LogP contribution in [0.25, 0.3) is 0 Å². The van der Waals surface area contributed by atoms with E-state index in [1.165, 1.54) is 0 Å². The van der Waals surface area contributed by atoms with Crippen molar-refractivity contribution in [1.29, 1.82) is 0 Å². The lowest BCUT2D eigenvalue weighted by molar-refractivity contribution is 0.0967. The van der Waals surface area contributed by atoms with E-state index in [4.69, 9.17) is 34.8 Å². The third-order valence-corrected chi connectivity index (χ3v) is 4.11. The van der Waals surface area contributed by atoms with E-state index < -0.39 is 0 Å². The van der Waals surface area contributed by atoms with Crippen molar-refractivity contribution in [3.05, 3.63) is 50.2 Å². The molecule has 0 saturated heterocycles. The number of carbonyl (C=O) groups is 1. The topological polar surface area (TPSA) is 34.9 Å². The van der Waals surface area contributed by atoms with Crippen molar-refractivity contribution in [2.75, 3.05) is 0 Å². The standard InChI is InChI=1S/C13H11Cl3N2O/c1-7-13(16)8(2)18(17-7)6-12(19)9-3-4-10(14)11(15)5-9/h3-5H,6H2,1-2H3. The van der Waals surface area contributed by atoms with E-state index >= 15 is 0 Å². The number of aromatic nitrogens is 2. The molecule has 0 atom stereocenters. The van der Waals surface area contributed by atoms with Gasteiger partial charge in [0.05, 0.1) is 26.5 Å². The summed E-state index contributed by atoms with van der Waals surface area (Å²) in [6, 6.07) is 4.80. The maximum Gasteiger partial charge on any atom is 0.184 e. The first kappa shape index (κ1) is 14.4. The molecule has 0 radical (unpaired) electrons. The van der Waals surface area contributed by atoms with Gasteiger partial charge < -0.3 is 0 Å². The number of hydrogen-bond acceptors (Lipinski definition) is 2. The molecule has 0 N–H and O–H groups in total. The van der Waals surface area contributed by atoms with Gasteiger partial charge in [-0.15, -0.1) is 0 Å². The number of hydrogen-bond donors (Lipinski definition) is 0. The predicted octanol–water partition coefficient (Wildman–Crippen LogP) is 4.34. The molecule has 6 heteroatoms. The fourth-order valence-electron chi connectivity index (χ4n) is 1.73. The van der Waals surface area contributed by atoms with Crippen LogP contribution >= 0.6 is 34.8 Å². The Morgan fingerprint density at radius 1 is 1.21 bits per heavy atom. The lowest BCUT2D eigenvalue weighted by Gasteiger charge is -2.05. The second-order valence-corrected chi connectivity index (χ2v) is 5.39. The maximum atomic E-state index is 12.1. The first-order valence-electron chi connectivity index (χ1n) is 5.58. The average molecular weight is 318 g/mol. The largest absolute Gasteiger partial charge is 0.292 e. The monoisotopic (exact) mass is 316 g/mol. The highest BCUT2D eigenvalue weighted by Gasteiger charge is 2.14. The van der Waals surface area contributed by atoms with E-state index in [0.717, 1.165) is 5.69 Å². The van der Waals surface area contributed by atoms with Crippen LogP contribution in [0.3, 0.4) is 0 Å². The van der Waals surface area contributed by atoms with Crippen molar-refractivity contribution in [2.24, 2.45) is 0 Å². The van der Waals surface area contributed by atoms with E-state index in [9.17, 15) is 4.79 Å². The molecule has 2 aromatic rings. The van der Waals surface area contributed by atoms with Crippen molar-refractivity contribution in [2.45, 2.75) is 20.4 Å². The van der Waals surface area contributed by atoms with Gasteiger partial charge in [-0.25, -0.2) is 0 Å². The Labute approximate surface area is 126 Å². The van der Waals surface area contributed by atoms with E-state index in [2.05, 4.69) is 5.10 Å². The molecule has 0 spiro atoms. The molecule has 1 aromatic carbocycles. The first-order chi connectivity index (χ1) is 8.90. The fourth-order valence-corrected chi connectivity index (χ4v) is 2.16. The zero-order valence-electron chi connectivity index (χ0n) is 10.4. The zero-order valence-corrected chi connectivity index (χ0v) is 12.6. The first-order valence-corrected chi connectivity index (χ1v) is 6.71. The van der Waals surface area contributed by atoms with Crippen LogP contribution in [0.5, 0.6) is 0 Å². The van der Waals surface area contributed by atoms with Crippen LogP contribution in [-0.2, 0) is 6.54 Å². The number of carbonyl (C=O) groups excluding carboxylic acids is 1. The number of benzene rings is 1. The molecule has 19 heavy (non-hydrogen) atoms. The van der Waals surface area contributed by atoms with Gasteiger partial charge >= 0.3 is 0 Å². The molecular weight excluding hydrogens is 307 g/mol. The number of halogens is 3. The highest BCUT2D eigenvalue weighted by Crippen LogP contribution is 2.23. The Morgan fingerprint density at radius 2 is 1.89 bits per heavy atom. The van der Waals surface area contributed by atoms with Crippen LogP contribution in [0.15, 0.2) is 18.2 Å². The lowest BCUT2D eigenvalue weighted by atomic mass is 10.1. The molecule has 0 aliphatic rings. The lowest BCUT2D eigenvalue weighted by Crippen LogP contribution is -2.13. The van der Waals surface area contributed by atoms with Crippen LogP contribution in [0.4, 0.5) is 0 Å². The molecule has 100 valence electrons. The van der Waals surface area contributed by atoms with Gasteiger partial charge in [0.2, 0.25) is 0 Å². The molecule has 1 aromatic heterocycles. The summed E-state index contributed by atoms with van der Waals surface area (Å²) in [5.74, 6) is -0.0965. The van der Waals surface area contributed by atoms with Crippen molar-refractivity contribution in [3.63, 3.8) is 0 Å². The number of rotatable bonds is 3. The Hall–Kier alpha value is -1.03. The van der Waals surface area contributed by atoms with E-state index in [1.807, 2.05) is 6.92 Å². The van der Waals surface area contributed by atoms with Crippen molar-refractivity contribution >= 4 is 40.6 Å². The van der Waals surface area contributed by atoms with Gasteiger partial charge in [0.25, 0.3) is 0 Å². The summed E-state index contributed by atoms with van der Waals surface area (Å²) >= 11 is 17.8. The second kappa shape index (κ2) is 5.53. The van der Waals surface area contributed by atoms with Crippen molar-refractivity contribution < 1.29 is 4.79 Å². The predicted molar refractivity (Wildman–Crippen MR) is 77.5 cm³/mol. The third-order valence-electron chi connectivity index (χ3n) is 2.83. The molecule has 1 heterocycles. The minimum Gasteiger partial charge on any atom is -0.292 e. The number of ketones is 1. The van der Waals surface area contributed by atoms with Crippen LogP contribution in [0.1, 0.15) is 21.7 Å². The molecule has 0 fully saturated rings. The molecule has 0 saturated carbocycles. The van der Waals surface area contributed by atoms with Gasteiger partial charge in [0.15, 0.2) is 5.78 Å². The minimum absolute atomic E-state index is 0.0965. The summed E-state index contributed by atoms with van der Waals surface area (Å²) in [5, 5.41) is 5.59. The Bertz CT molecular complexity index is 650. The summed E-state index contributed by atoms with van der Waals surface area (Å²) in [6.45, 7) is 3.75. The molecule has 0 bridgehead atoms. The summed E-state index contributed by atoms with van der Waals surface area (Å²) in [6.07, 6.45) is 0. The Balaban J connectivity index is 2.25. The zero-order chi connectivity index (χ0) is 14.2. The average Bonchev–Trinajstić information content (AvgIpc) is 2.60. The van der Waals surface area contributed by atoms with Crippen LogP contribution in [0, 0.1) is 13.8 Å². The summed E-state index contributed by atoms with van der Waals surface area (Å²) in [5.41, 5.74) is 1.98. The van der Waals surface area contributed by atoms with E-state index in [1.54, 1.807) is 29.8 Å². The van der Waals surface area contributed by atoms with Gasteiger partial charge in [0.1, 0.15) is 6.54 Å². The third kappa shape index (κ3) is 2.94. The summed E-state index contributed by atoms with van der Waals surface area (Å²) in [4.78, 5) is 12.1. The Kier molecular flexibility index (Phi) is 4.19. The molecular formula is C13H11Cl3N2O. The van der Waals surface area contributed by atoms with E-state index in [0.29, 0.717) is 26.3 Å². The molecule has 0 unspecified atom stereocenters. The molecule has 3 nitrogen and oxygen atoms in total. The van der Waals surface area contributed by atoms with Gasteiger partial charge in [-0.05, 0) is 32.0 Å². The number of nitrogens with zero attached hydrogens (tertiary/aromatic N) is 2. The van der Waals surface area contributed by atoms with Crippen LogP contribution in [0.2, 0.25) is 15.1 Å². The Morgan fingerprint density at radius 3 is 2.42 bits per heavy atom. The number of aryl methyl sites for hydroxylation is 1. The molecule has 0 aliphatic carbocycles. The fraction of sp³-hybridized carbons (Fsp3) is 0.231. The number of Topliss-reactive ketones (excluding diaryl/α,β-unsaturated/α-hetero) is 1. The smallest absolute Gasteiger partial charge is 0.184 e. The molecule has 0 amide bonds. The highest BCUT2D eigenvalue weighted by atomic mass is 35.5. The minimum atomic E-state index is -0.0965. The van der Waals surface area contributed by atoms with E-state index in [-0.39, 0.29) is 12.3 Å². The van der Waals surface area contributed by atoms with Crippen molar-refractivity contribution in [3.8, 4) is 0 Å². The van der Waals surface area contributed by atoms with Gasteiger partial charge in [-0.1, -0.05) is 34.8 Å². The normalized spacial score (nSPS) is 10.8. The van der Waals surface area contributed by atoms with Gasteiger partial charge in [-0.2, -0.15) is 5.10 Å². The SMILES string of the molecule is Cc1nn(CC(=O)c2ccc(Cl)c(Cl)c2)c(C)c1Cl. The summed E-state index contributed by atoms with van der Waals surface area (Å²) in [7, 11) is 0. The van der Waals surface area contributed by atoms with Crippen LogP contribution < -0.4 is 0 Å². The highest BCUT2D eigenvalue weighted by molar-refractivity contribution is 6.42. The molecule has 2 rings (SSSR count). The maximum absolute atomic E-state index is 12.1. The van der Waals surface area contributed by atoms with Crippen LogP contribution in [-0.4, -0.2) is 15.6 Å². The van der Waals surface area contributed by atoms with Gasteiger partial charge in [-0.3, -0.25) is 9.48 Å². The molecule has 0 aliphatic heterocycles. The summed E-state index contributed by atoms with van der Waals surface area (Å²) < 4.78 is 1.59. The van der Waals surface area contributed by atoms with Gasteiger partial charge in [0, 0.05) is 5.56 Å². The quantitative estimate of drug-likeness (QED) is 0.789.